The largest absolute Gasteiger partial charge is 0.317 e. The summed E-state index contributed by atoms with van der Waals surface area (Å²) in [4.78, 5) is 2.21. The van der Waals surface area contributed by atoms with E-state index in [0.29, 0.717) is 24.2 Å². The number of rotatable bonds is 3. The molecule has 0 radical (unpaired) electrons. The zero-order valence-corrected chi connectivity index (χ0v) is 10.9. The molecule has 0 amide bonds. The Kier molecular flexibility index (Phi) is 4.30. The van der Waals surface area contributed by atoms with Gasteiger partial charge >= 0.3 is 0 Å². The Morgan fingerprint density at radius 2 is 2.17 bits per heavy atom. The predicted molar refractivity (Wildman–Crippen MR) is 68.3 cm³/mol. The molecular weight excluding hydrogens is 234 g/mol. The van der Waals surface area contributed by atoms with Crippen molar-refractivity contribution < 1.29 is 8.78 Å². The van der Waals surface area contributed by atoms with Gasteiger partial charge in [0.25, 0.3) is 0 Å². The molecule has 2 rings (SSSR count). The van der Waals surface area contributed by atoms with E-state index in [0.717, 1.165) is 25.5 Å². The quantitative estimate of drug-likeness (QED) is 0.891. The van der Waals surface area contributed by atoms with Crippen molar-refractivity contribution >= 4 is 0 Å². The maximum Gasteiger partial charge on any atom is 0.127 e. The van der Waals surface area contributed by atoms with Crippen molar-refractivity contribution in [2.24, 2.45) is 0 Å². The lowest BCUT2D eigenvalue weighted by atomic mass is 9.97. The van der Waals surface area contributed by atoms with E-state index in [2.05, 4.69) is 17.1 Å². The number of halogens is 2. The summed E-state index contributed by atoms with van der Waals surface area (Å²) in [6, 6.07) is 4.59. The van der Waals surface area contributed by atoms with Crippen LogP contribution in [0, 0.1) is 11.6 Å². The molecule has 1 fully saturated rings. The third-order valence-electron chi connectivity index (χ3n) is 3.80. The smallest absolute Gasteiger partial charge is 0.127 e. The van der Waals surface area contributed by atoms with E-state index in [1.807, 2.05) is 7.05 Å². The molecule has 0 saturated carbocycles. The van der Waals surface area contributed by atoms with Crippen molar-refractivity contribution in [3.8, 4) is 0 Å². The average molecular weight is 254 g/mol. The van der Waals surface area contributed by atoms with E-state index in [4.69, 9.17) is 0 Å². The number of nitrogens with one attached hydrogen (secondary N) is 1. The van der Waals surface area contributed by atoms with Crippen LogP contribution in [0.5, 0.6) is 0 Å². The molecule has 2 atom stereocenters. The Morgan fingerprint density at radius 3 is 2.83 bits per heavy atom. The number of piperidine rings is 1. The second kappa shape index (κ2) is 5.76. The summed E-state index contributed by atoms with van der Waals surface area (Å²) in [6.07, 6.45) is 2.10. The molecular formula is C14H20F2N2. The van der Waals surface area contributed by atoms with Gasteiger partial charge in [-0.1, -0.05) is 0 Å². The summed E-state index contributed by atoms with van der Waals surface area (Å²) >= 11 is 0. The Labute approximate surface area is 107 Å². The van der Waals surface area contributed by atoms with Crippen molar-refractivity contribution in [1.82, 2.24) is 10.2 Å². The first-order chi connectivity index (χ1) is 8.60. The van der Waals surface area contributed by atoms with Crippen molar-refractivity contribution in [3.05, 3.63) is 35.4 Å². The van der Waals surface area contributed by atoms with Gasteiger partial charge in [0.1, 0.15) is 11.6 Å². The summed E-state index contributed by atoms with van der Waals surface area (Å²) < 4.78 is 26.7. The highest BCUT2D eigenvalue weighted by Crippen LogP contribution is 2.21. The molecule has 0 aromatic heterocycles. The van der Waals surface area contributed by atoms with E-state index in [9.17, 15) is 8.78 Å². The number of likely N-dealkylation sites (tertiary alicyclic amines) is 1. The lowest BCUT2D eigenvalue weighted by Gasteiger charge is -2.37. The molecule has 1 aliphatic heterocycles. The lowest BCUT2D eigenvalue weighted by molar-refractivity contribution is 0.130. The Morgan fingerprint density at radius 1 is 1.39 bits per heavy atom. The highest BCUT2D eigenvalue weighted by molar-refractivity contribution is 5.18. The van der Waals surface area contributed by atoms with Crippen LogP contribution in [-0.4, -0.2) is 30.6 Å². The third kappa shape index (κ3) is 3.06. The predicted octanol–water partition coefficient (Wildman–Crippen LogP) is 2.54. The summed E-state index contributed by atoms with van der Waals surface area (Å²) in [5.41, 5.74) is 0.449. The lowest BCUT2D eigenvalue weighted by Crippen LogP contribution is -2.46. The zero-order valence-electron chi connectivity index (χ0n) is 10.9. The van der Waals surface area contributed by atoms with Gasteiger partial charge < -0.3 is 5.32 Å². The highest BCUT2D eigenvalue weighted by Gasteiger charge is 2.25. The van der Waals surface area contributed by atoms with Gasteiger partial charge in [0, 0.05) is 30.7 Å². The zero-order chi connectivity index (χ0) is 13.1. The summed E-state index contributed by atoms with van der Waals surface area (Å²) in [7, 11) is 1.97. The third-order valence-corrected chi connectivity index (χ3v) is 3.80. The molecule has 2 nitrogen and oxygen atoms in total. The molecule has 1 saturated heterocycles. The van der Waals surface area contributed by atoms with Crippen molar-refractivity contribution in [2.45, 2.75) is 38.4 Å². The molecule has 0 bridgehead atoms. The van der Waals surface area contributed by atoms with Crippen LogP contribution < -0.4 is 5.32 Å². The number of hydrogen-bond donors (Lipinski definition) is 1. The standard InChI is InChI=1S/C14H20F2N2/c1-10-7-13(17-2)5-6-18(10)9-11-8-12(15)3-4-14(11)16/h3-4,8,10,13,17H,5-7,9H2,1-2H3. The van der Waals surface area contributed by atoms with Crippen LogP contribution in [0.3, 0.4) is 0 Å². The molecule has 4 heteroatoms. The molecule has 18 heavy (non-hydrogen) atoms. The molecule has 1 N–H and O–H groups in total. The number of hydrogen-bond acceptors (Lipinski definition) is 2. The van der Waals surface area contributed by atoms with Gasteiger partial charge in [-0.3, -0.25) is 4.90 Å². The van der Waals surface area contributed by atoms with E-state index >= 15 is 0 Å². The van der Waals surface area contributed by atoms with Crippen molar-refractivity contribution in [1.29, 1.82) is 0 Å². The highest BCUT2D eigenvalue weighted by atomic mass is 19.1. The normalized spacial score (nSPS) is 25.3. The molecule has 2 unspecified atom stereocenters. The first kappa shape index (κ1) is 13.4. The molecule has 1 aliphatic rings. The number of benzene rings is 1. The maximum absolute atomic E-state index is 13.6. The van der Waals surface area contributed by atoms with Crippen LogP contribution in [0.25, 0.3) is 0 Å². The first-order valence-corrected chi connectivity index (χ1v) is 6.45. The van der Waals surface area contributed by atoms with Crippen LogP contribution in [0.15, 0.2) is 18.2 Å². The van der Waals surface area contributed by atoms with Crippen LogP contribution in [0.1, 0.15) is 25.3 Å². The molecule has 100 valence electrons. The van der Waals surface area contributed by atoms with Crippen LogP contribution in [0.2, 0.25) is 0 Å². The summed E-state index contributed by atoms with van der Waals surface area (Å²) in [6.45, 7) is 3.55. The van der Waals surface area contributed by atoms with Gasteiger partial charge in [-0.25, -0.2) is 8.78 Å². The van der Waals surface area contributed by atoms with Gasteiger partial charge in [0.2, 0.25) is 0 Å². The molecule has 1 aromatic rings. The fraction of sp³-hybridized carbons (Fsp3) is 0.571. The van der Waals surface area contributed by atoms with Crippen LogP contribution in [0.4, 0.5) is 8.78 Å². The second-order valence-electron chi connectivity index (χ2n) is 5.07. The molecule has 0 spiro atoms. The maximum atomic E-state index is 13.6. The van der Waals surface area contributed by atoms with Gasteiger partial charge in [-0.2, -0.15) is 0 Å². The number of nitrogens with zero attached hydrogens (tertiary/aromatic N) is 1. The Balaban J connectivity index is 2.03. The van der Waals surface area contributed by atoms with Gasteiger partial charge in [-0.05, 0) is 45.0 Å². The minimum absolute atomic E-state index is 0.320. The Hall–Kier alpha value is -1.00. The average Bonchev–Trinajstić information content (AvgIpc) is 2.36. The summed E-state index contributed by atoms with van der Waals surface area (Å²) in [5.74, 6) is -0.691. The van der Waals surface area contributed by atoms with Crippen molar-refractivity contribution in [3.63, 3.8) is 0 Å². The second-order valence-corrected chi connectivity index (χ2v) is 5.07. The van der Waals surface area contributed by atoms with Gasteiger partial charge in [0.05, 0.1) is 0 Å². The minimum Gasteiger partial charge on any atom is -0.317 e. The first-order valence-electron chi connectivity index (χ1n) is 6.45. The van der Waals surface area contributed by atoms with E-state index in [-0.39, 0.29) is 11.6 Å². The molecule has 1 heterocycles. The molecule has 1 aromatic carbocycles. The summed E-state index contributed by atoms with van der Waals surface area (Å²) in [5, 5.41) is 3.28. The minimum atomic E-state index is -0.371. The van der Waals surface area contributed by atoms with E-state index in [1.54, 1.807) is 0 Å². The van der Waals surface area contributed by atoms with E-state index < -0.39 is 0 Å². The monoisotopic (exact) mass is 254 g/mol. The van der Waals surface area contributed by atoms with E-state index in [1.165, 1.54) is 12.1 Å². The fourth-order valence-electron chi connectivity index (χ4n) is 2.60. The Bertz CT molecular complexity index is 409. The fourth-order valence-corrected chi connectivity index (χ4v) is 2.60. The topological polar surface area (TPSA) is 15.3 Å². The van der Waals surface area contributed by atoms with Gasteiger partial charge in [0.15, 0.2) is 0 Å². The van der Waals surface area contributed by atoms with Crippen LogP contribution >= 0.6 is 0 Å². The van der Waals surface area contributed by atoms with Gasteiger partial charge in [-0.15, -0.1) is 0 Å². The SMILES string of the molecule is CNC1CCN(Cc2cc(F)ccc2F)C(C)C1. The molecule has 0 aliphatic carbocycles. The van der Waals surface area contributed by atoms with Crippen molar-refractivity contribution in [2.75, 3.05) is 13.6 Å². The van der Waals surface area contributed by atoms with Crippen LogP contribution in [-0.2, 0) is 6.54 Å².